The van der Waals surface area contributed by atoms with Crippen LogP contribution in [0.25, 0.3) is 43.2 Å². The number of carbonyl (C=O) groups excluding carboxylic acids is 3. The summed E-state index contributed by atoms with van der Waals surface area (Å²) in [6, 6.07) is 20.8. The Bertz CT molecular complexity index is 3340. The molecule has 3 unspecified atom stereocenters. The van der Waals surface area contributed by atoms with Gasteiger partial charge in [-0.1, -0.05) is 87.0 Å². The number of ether oxygens (including phenoxy) is 2. The van der Waals surface area contributed by atoms with Gasteiger partial charge in [0.15, 0.2) is 5.82 Å². The second-order valence-corrected chi connectivity index (χ2v) is 24.3. The summed E-state index contributed by atoms with van der Waals surface area (Å²) in [6.45, 7) is 13.1. The first-order valence-corrected chi connectivity index (χ1v) is 28.9. The SMILES string of the molecule is Cc1ccccc1-c1ccc([C@H](C)NC(=O)[C@@H]2C[C@@H](O)CN2C(=O)[C@@H](NC(=O)CCOCCCN2CCCC2COc2nc(N3CC4CCC(C3)N4)c3cc(Cl)c(-c4ccc(F)c5sc(N)c(C#N)c45)c(F)c3n2)C(C)(C)C)cc1. The third kappa shape index (κ3) is 11.9. The fourth-order valence-corrected chi connectivity index (χ4v) is 13.2. The number of benzene rings is 4. The van der Waals surface area contributed by atoms with Gasteiger partial charge in [-0.25, -0.2) is 8.78 Å². The van der Waals surface area contributed by atoms with E-state index in [1.54, 1.807) is 6.07 Å². The number of carbonyl (C=O) groups is 3. The normalized spacial score (nSPS) is 21.0. The molecule has 3 amide bonds. The van der Waals surface area contributed by atoms with Crippen LogP contribution in [0, 0.1) is 35.3 Å². The molecule has 20 heteroatoms. The Balaban J connectivity index is 0.735. The van der Waals surface area contributed by atoms with Crippen molar-refractivity contribution < 1.29 is 37.7 Å². The van der Waals surface area contributed by atoms with Gasteiger partial charge in [-0.3, -0.25) is 19.3 Å². The van der Waals surface area contributed by atoms with Crippen LogP contribution in [-0.4, -0.2) is 131 Å². The van der Waals surface area contributed by atoms with Crippen molar-refractivity contribution in [1.29, 1.82) is 5.26 Å². The molecule has 2 bridgehead atoms. The molecule has 6 heterocycles. The zero-order chi connectivity index (χ0) is 56.6. The van der Waals surface area contributed by atoms with Gasteiger partial charge in [0.2, 0.25) is 17.7 Å². The minimum absolute atomic E-state index is 0.00792. The van der Waals surface area contributed by atoms with Gasteiger partial charge in [0.1, 0.15) is 46.9 Å². The molecule has 0 saturated carbocycles. The lowest BCUT2D eigenvalue weighted by Gasteiger charge is -2.35. The number of hydrogen-bond acceptors (Lipinski definition) is 14. The molecule has 422 valence electrons. The van der Waals surface area contributed by atoms with Crippen molar-refractivity contribution in [2.45, 2.75) is 122 Å². The fraction of sp³-hybridized carbons (Fsp3) is 0.467. The highest BCUT2D eigenvalue weighted by Gasteiger charge is 2.45. The van der Waals surface area contributed by atoms with Crippen LogP contribution in [0.2, 0.25) is 5.02 Å². The van der Waals surface area contributed by atoms with Crippen LogP contribution in [0.1, 0.15) is 95.4 Å². The molecular formula is C60H69ClF2N10O6S. The van der Waals surface area contributed by atoms with E-state index in [0.717, 1.165) is 65.8 Å². The molecule has 0 aliphatic carbocycles. The Kier molecular flexibility index (Phi) is 16.9. The number of aliphatic hydroxyl groups excluding tert-OH is 1. The predicted octanol–water partition coefficient (Wildman–Crippen LogP) is 8.82. The Morgan fingerprint density at radius 3 is 2.48 bits per heavy atom. The lowest BCUT2D eigenvalue weighted by molar-refractivity contribution is -0.144. The van der Waals surface area contributed by atoms with Crippen LogP contribution in [0.3, 0.4) is 0 Å². The summed E-state index contributed by atoms with van der Waals surface area (Å²) >= 11 is 7.87. The van der Waals surface area contributed by atoms with Crippen LogP contribution < -0.4 is 31.3 Å². The second-order valence-electron chi connectivity index (χ2n) is 22.9. The number of nitriles is 1. The number of nitrogens with zero attached hydrogens (tertiary/aromatic N) is 6. The first-order chi connectivity index (χ1) is 38.4. The molecule has 16 nitrogen and oxygen atoms in total. The van der Waals surface area contributed by atoms with Gasteiger partial charge in [-0.15, -0.1) is 11.3 Å². The molecule has 4 saturated heterocycles. The second kappa shape index (κ2) is 23.9. The van der Waals surface area contributed by atoms with Gasteiger partial charge in [0.25, 0.3) is 0 Å². The Morgan fingerprint density at radius 1 is 1.00 bits per heavy atom. The smallest absolute Gasteiger partial charge is 0.319 e. The molecule has 80 heavy (non-hydrogen) atoms. The Labute approximate surface area is 474 Å². The number of halogens is 3. The van der Waals surface area contributed by atoms with Crippen molar-refractivity contribution >= 4 is 72.5 Å². The number of nitrogens with two attached hydrogens (primary N) is 1. The summed E-state index contributed by atoms with van der Waals surface area (Å²) in [5.74, 6) is -1.99. The molecule has 10 rings (SSSR count). The number of piperazine rings is 1. The molecule has 0 spiro atoms. The summed E-state index contributed by atoms with van der Waals surface area (Å²) in [4.78, 5) is 56.9. The number of rotatable bonds is 18. The highest BCUT2D eigenvalue weighted by atomic mass is 35.5. The van der Waals surface area contributed by atoms with Crippen LogP contribution >= 0.6 is 22.9 Å². The molecule has 4 aliphatic heterocycles. The maximum absolute atomic E-state index is 17.3. The van der Waals surface area contributed by atoms with Crippen molar-refractivity contribution in [2.75, 3.05) is 63.2 Å². The van der Waals surface area contributed by atoms with Crippen LogP contribution in [-0.2, 0) is 19.1 Å². The van der Waals surface area contributed by atoms with E-state index in [0.29, 0.717) is 43.9 Å². The van der Waals surface area contributed by atoms with Crippen LogP contribution in [0.5, 0.6) is 6.01 Å². The number of aliphatic hydroxyl groups is 1. The molecular weight excluding hydrogens is 1060 g/mol. The fourth-order valence-electron chi connectivity index (χ4n) is 12.0. The van der Waals surface area contributed by atoms with Crippen molar-refractivity contribution in [1.82, 2.24) is 35.7 Å². The minimum atomic E-state index is -0.965. The maximum atomic E-state index is 17.3. The number of amides is 3. The summed E-state index contributed by atoms with van der Waals surface area (Å²) in [6.07, 6.45) is 3.72. The lowest BCUT2D eigenvalue weighted by Crippen LogP contribution is -2.58. The number of β-amino-alcohol motifs (C(OH)–C–C–N with tert-alkyl or cyclic N) is 1. The first-order valence-electron chi connectivity index (χ1n) is 27.7. The zero-order valence-electron chi connectivity index (χ0n) is 45.8. The Morgan fingerprint density at radius 2 is 1.75 bits per heavy atom. The van der Waals surface area contributed by atoms with Crippen molar-refractivity contribution in [3.63, 3.8) is 0 Å². The van der Waals surface area contributed by atoms with Gasteiger partial charge >= 0.3 is 6.01 Å². The van der Waals surface area contributed by atoms with E-state index in [9.17, 15) is 24.8 Å². The van der Waals surface area contributed by atoms with Gasteiger partial charge in [-0.2, -0.15) is 15.2 Å². The third-order valence-corrected chi connectivity index (χ3v) is 17.5. The highest BCUT2D eigenvalue weighted by molar-refractivity contribution is 7.23. The molecule has 4 aliphatic rings. The summed E-state index contributed by atoms with van der Waals surface area (Å²) in [5.41, 5.74) is 9.95. The standard InChI is InChI=1S/C60H69ClF2N10O6S/c1-33-10-6-7-12-41(33)36-15-13-35(14-16-36)34(2)66-57(76)47-26-40(74)31-73(47)58(77)54(60(3,4)5)68-48(75)21-25-78-24-9-23-71-22-8-11-39(71)32-79-59-69-52-43(56(70-59)72-29-37-17-18-38(30-72)67-37)27-45(61)50(51(52)63)42-19-20-46(62)53-49(42)44(28-64)55(65)80-53/h6-7,10,12-16,19-20,27,34,37-40,47,54,67,74H,8-9,11,17-18,21-26,29-32,65H2,1-5H3,(H,66,76)(H,68,75)/t34-,37?,38?,39?,40+,47-,54+/m0/s1. The molecule has 6 aromatic rings. The van der Waals surface area contributed by atoms with Crippen molar-refractivity contribution in [3.05, 3.63) is 100 Å². The van der Waals surface area contributed by atoms with E-state index < -0.39 is 41.1 Å². The Hall–Kier alpha value is -6.53. The minimum Gasteiger partial charge on any atom is -0.462 e. The zero-order valence-corrected chi connectivity index (χ0v) is 47.4. The first kappa shape index (κ1) is 56.7. The van der Waals surface area contributed by atoms with Gasteiger partial charge < -0.3 is 46.1 Å². The number of hydrogen-bond donors (Lipinski definition) is 5. The molecule has 6 N–H and O–H groups in total. The quantitative estimate of drug-likeness (QED) is 0.0510. The van der Waals surface area contributed by atoms with Crippen molar-refractivity contribution in [3.8, 4) is 34.3 Å². The number of fused-ring (bicyclic) bond motifs is 4. The number of thiophene rings is 1. The third-order valence-electron chi connectivity index (χ3n) is 16.2. The summed E-state index contributed by atoms with van der Waals surface area (Å²) in [5, 5.41) is 31.2. The topological polar surface area (TPSA) is 211 Å². The van der Waals surface area contributed by atoms with Gasteiger partial charge in [0.05, 0.1) is 34.0 Å². The average Bonchev–Trinajstić information content (AvgIpc) is 4.34. The summed E-state index contributed by atoms with van der Waals surface area (Å²) < 4.78 is 44.8. The monoisotopic (exact) mass is 1130 g/mol. The largest absolute Gasteiger partial charge is 0.462 e. The predicted molar refractivity (Wildman–Crippen MR) is 307 cm³/mol. The van der Waals surface area contributed by atoms with Crippen LogP contribution in [0.4, 0.5) is 19.6 Å². The van der Waals surface area contributed by atoms with E-state index in [2.05, 4.69) is 55.9 Å². The highest BCUT2D eigenvalue weighted by Crippen LogP contribution is 2.46. The van der Waals surface area contributed by atoms with E-state index in [1.807, 2.05) is 64.1 Å². The number of aryl methyl sites for hydroxylation is 1. The maximum Gasteiger partial charge on any atom is 0.319 e. The van der Waals surface area contributed by atoms with E-state index in [1.165, 1.54) is 17.0 Å². The van der Waals surface area contributed by atoms with Crippen LogP contribution in [0.15, 0.2) is 66.7 Å². The molecule has 7 atom stereocenters. The van der Waals surface area contributed by atoms with E-state index in [-0.39, 0.29) is 117 Å². The van der Waals surface area contributed by atoms with Crippen molar-refractivity contribution in [2.24, 2.45) is 5.41 Å². The van der Waals surface area contributed by atoms with Gasteiger partial charge in [0, 0.05) is 80.1 Å². The molecule has 0 radical (unpaired) electrons. The lowest BCUT2D eigenvalue weighted by atomic mass is 9.85. The number of anilines is 2. The average molecular weight is 1130 g/mol. The number of aromatic nitrogens is 2. The molecule has 2 aromatic heterocycles. The number of nitrogens with one attached hydrogen (secondary N) is 3. The molecule has 4 aromatic carbocycles. The number of likely N-dealkylation sites (tertiary alicyclic amines) is 2. The van der Waals surface area contributed by atoms with E-state index >= 15 is 8.78 Å². The number of nitrogen functional groups attached to an aromatic ring is 1. The molecule has 4 fully saturated rings. The van der Waals surface area contributed by atoms with E-state index in [4.69, 9.17) is 31.8 Å². The van der Waals surface area contributed by atoms with Gasteiger partial charge in [-0.05, 0) is 97.9 Å². The summed E-state index contributed by atoms with van der Waals surface area (Å²) in [7, 11) is 0.